The molecular weight excluding hydrogens is 276 g/mol. The van der Waals surface area contributed by atoms with Crippen molar-refractivity contribution in [3.63, 3.8) is 0 Å². The largest absolute Gasteiger partial charge is 0.145 e. The maximum Gasteiger partial charge on any atom is 0.112 e. The Balaban J connectivity index is 2.17. The van der Waals surface area contributed by atoms with Crippen LogP contribution in [0.25, 0.3) is 10.8 Å². The summed E-state index contributed by atoms with van der Waals surface area (Å²) >= 11 is 0. The zero-order chi connectivity index (χ0) is 15.5. The van der Waals surface area contributed by atoms with Crippen molar-refractivity contribution >= 4 is 22.1 Å². The van der Waals surface area contributed by atoms with Crippen molar-refractivity contribution in [2.75, 3.05) is 0 Å². The molecule has 0 bridgehead atoms. The van der Waals surface area contributed by atoms with Gasteiger partial charge in [-0.15, -0.1) is 9.81 Å². The second kappa shape index (κ2) is 5.85. The van der Waals surface area contributed by atoms with Gasteiger partial charge in [0.1, 0.15) is 11.4 Å². The Labute approximate surface area is 127 Å². The van der Waals surface area contributed by atoms with E-state index in [1.165, 1.54) is 0 Å². The number of nitroso groups, excluding NO2 is 2. The molecule has 22 heavy (non-hydrogen) atoms. The summed E-state index contributed by atoms with van der Waals surface area (Å²) in [6, 6.07) is 17.1. The van der Waals surface area contributed by atoms with Gasteiger partial charge in [0.15, 0.2) is 0 Å². The summed E-state index contributed by atoms with van der Waals surface area (Å²) in [5.41, 5.74) is 3.63. The molecule has 3 rings (SSSR count). The molecule has 0 aromatic heterocycles. The van der Waals surface area contributed by atoms with Crippen molar-refractivity contribution < 1.29 is 0 Å². The first-order valence-corrected chi connectivity index (χ1v) is 7.00. The van der Waals surface area contributed by atoms with Gasteiger partial charge in [0, 0.05) is 0 Å². The molecule has 3 aromatic rings. The SMILES string of the molecule is Cc1c(N=O)ccc2cc(N=O)c(Cc3ccccc3)cc12. The number of aryl methyl sites for hydroxylation is 1. The highest BCUT2D eigenvalue weighted by Gasteiger charge is 2.10. The van der Waals surface area contributed by atoms with E-state index in [-0.39, 0.29) is 0 Å². The third-order valence-electron chi connectivity index (χ3n) is 3.89. The van der Waals surface area contributed by atoms with Crippen LogP contribution in [0.1, 0.15) is 16.7 Å². The van der Waals surface area contributed by atoms with Gasteiger partial charge in [-0.2, -0.15) is 0 Å². The maximum atomic E-state index is 11.2. The molecule has 0 saturated heterocycles. The van der Waals surface area contributed by atoms with E-state index in [1.807, 2.05) is 43.3 Å². The molecule has 4 nitrogen and oxygen atoms in total. The lowest BCUT2D eigenvalue weighted by molar-refractivity contribution is 1.19. The van der Waals surface area contributed by atoms with Crippen LogP contribution in [0.3, 0.4) is 0 Å². The van der Waals surface area contributed by atoms with E-state index < -0.39 is 0 Å². The summed E-state index contributed by atoms with van der Waals surface area (Å²) in [6.07, 6.45) is 0.621. The van der Waals surface area contributed by atoms with Gasteiger partial charge in [-0.1, -0.05) is 36.4 Å². The highest BCUT2D eigenvalue weighted by Crippen LogP contribution is 2.33. The predicted octanol–water partition coefficient (Wildman–Crippen LogP) is 5.53. The van der Waals surface area contributed by atoms with Crippen molar-refractivity contribution in [3.05, 3.63) is 81.1 Å². The first-order valence-electron chi connectivity index (χ1n) is 7.00. The highest BCUT2D eigenvalue weighted by atomic mass is 16.3. The van der Waals surface area contributed by atoms with E-state index in [4.69, 9.17) is 0 Å². The summed E-state index contributed by atoms with van der Waals surface area (Å²) in [4.78, 5) is 22.0. The van der Waals surface area contributed by atoms with Crippen molar-refractivity contribution in [1.82, 2.24) is 0 Å². The molecule has 0 radical (unpaired) electrons. The van der Waals surface area contributed by atoms with E-state index in [0.29, 0.717) is 17.8 Å². The fraction of sp³-hybridized carbons (Fsp3) is 0.111. The molecule has 0 N–H and O–H groups in total. The predicted molar refractivity (Wildman–Crippen MR) is 88.8 cm³/mol. The molecule has 0 heterocycles. The molecule has 0 aliphatic rings. The Morgan fingerprint density at radius 2 is 1.59 bits per heavy atom. The van der Waals surface area contributed by atoms with Gasteiger partial charge >= 0.3 is 0 Å². The number of hydrogen-bond acceptors (Lipinski definition) is 4. The average Bonchev–Trinajstić information content (AvgIpc) is 2.56. The molecule has 0 spiro atoms. The van der Waals surface area contributed by atoms with E-state index in [1.54, 1.807) is 18.2 Å². The van der Waals surface area contributed by atoms with Gasteiger partial charge in [-0.05, 0) is 69.4 Å². The van der Waals surface area contributed by atoms with Crippen LogP contribution in [-0.4, -0.2) is 0 Å². The molecular formula is C18H14N2O2. The Morgan fingerprint density at radius 3 is 2.27 bits per heavy atom. The van der Waals surface area contributed by atoms with Crippen molar-refractivity contribution in [1.29, 1.82) is 0 Å². The second-order valence-electron chi connectivity index (χ2n) is 5.26. The number of nitrogens with zero attached hydrogens (tertiary/aromatic N) is 2. The zero-order valence-corrected chi connectivity index (χ0v) is 12.1. The summed E-state index contributed by atoms with van der Waals surface area (Å²) < 4.78 is 0. The Hall–Kier alpha value is -2.88. The minimum absolute atomic E-state index is 0.421. The molecule has 0 aliphatic carbocycles. The van der Waals surface area contributed by atoms with Crippen LogP contribution in [0.5, 0.6) is 0 Å². The molecule has 4 heteroatoms. The van der Waals surface area contributed by atoms with Gasteiger partial charge in [0.2, 0.25) is 0 Å². The Morgan fingerprint density at radius 1 is 0.864 bits per heavy atom. The topological polar surface area (TPSA) is 58.9 Å². The molecule has 0 fully saturated rings. The van der Waals surface area contributed by atoms with Gasteiger partial charge in [0.25, 0.3) is 0 Å². The monoisotopic (exact) mass is 290 g/mol. The lowest BCUT2D eigenvalue weighted by Gasteiger charge is -2.09. The third-order valence-corrected chi connectivity index (χ3v) is 3.89. The van der Waals surface area contributed by atoms with Crippen molar-refractivity contribution in [2.24, 2.45) is 10.4 Å². The normalized spacial score (nSPS) is 10.6. The van der Waals surface area contributed by atoms with Crippen LogP contribution < -0.4 is 0 Å². The van der Waals surface area contributed by atoms with Crippen molar-refractivity contribution in [2.45, 2.75) is 13.3 Å². The van der Waals surface area contributed by atoms with E-state index >= 15 is 0 Å². The molecule has 0 amide bonds. The van der Waals surface area contributed by atoms with Gasteiger partial charge in [-0.25, -0.2) is 0 Å². The molecule has 108 valence electrons. The fourth-order valence-electron chi connectivity index (χ4n) is 2.68. The molecule has 3 aromatic carbocycles. The van der Waals surface area contributed by atoms with Crippen LogP contribution in [0.4, 0.5) is 11.4 Å². The smallest absolute Gasteiger partial charge is 0.112 e. The van der Waals surface area contributed by atoms with Crippen molar-refractivity contribution in [3.8, 4) is 0 Å². The van der Waals surface area contributed by atoms with Crippen LogP contribution >= 0.6 is 0 Å². The Bertz CT molecular complexity index is 858. The molecule has 0 saturated carbocycles. The maximum absolute atomic E-state index is 11.2. The first-order chi connectivity index (χ1) is 10.7. The fourth-order valence-corrected chi connectivity index (χ4v) is 2.68. The Kier molecular flexibility index (Phi) is 3.74. The number of fused-ring (bicyclic) bond motifs is 1. The number of hydrogen-bond donors (Lipinski definition) is 0. The van der Waals surface area contributed by atoms with Gasteiger partial charge < -0.3 is 0 Å². The lowest BCUT2D eigenvalue weighted by atomic mass is 9.96. The minimum atomic E-state index is 0.421. The second-order valence-corrected chi connectivity index (χ2v) is 5.26. The standard InChI is InChI=1S/C18H14N2O2/c1-12-16-10-15(9-13-5-3-2-4-6-13)18(20-22)11-14(16)7-8-17(12)19-21/h2-8,10-11H,9H2,1H3. The molecule has 0 aliphatic heterocycles. The zero-order valence-electron chi connectivity index (χ0n) is 12.1. The van der Waals surface area contributed by atoms with E-state index in [2.05, 4.69) is 10.4 Å². The van der Waals surface area contributed by atoms with E-state index in [0.717, 1.165) is 27.5 Å². The lowest BCUT2D eigenvalue weighted by Crippen LogP contribution is -1.90. The van der Waals surface area contributed by atoms with Gasteiger partial charge in [0.05, 0.1) is 0 Å². The van der Waals surface area contributed by atoms with Crippen LogP contribution in [0.15, 0.2) is 65.0 Å². The van der Waals surface area contributed by atoms with Crippen LogP contribution in [-0.2, 0) is 6.42 Å². The molecule has 0 atom stereocenters. The summed E-state index contributed by atoms with van der Waals surface area (Å²) in [6.45, 7) is 1.86. The number of rotatable bonds is 4. The van der Waals surface area contributed by atoms with Crippen LogP contribution in [0, 0.1) is 16.7 Å². The quantitative estimate of drug-likeness (QED) is 0.593. The van der Waals surface area contributed by atoms with Gasteiger partial charge in [-0.3, -0.25) is 0 Å². The van der Waals surface area contributed by atoms with Crippen LogP contribution in [0.2, 0.25) is 0 Å². The highest BCUT2D eigenvalue weighted by molar-refractivity contribution is 5.92. The molecule has 0 unspecified atom stereocenters. The van der Waals surface area contributed by atoms with E-state index in [9.17, 15) is 9.81 Å². The summed E-state index contributed by atoms with van der Waals surface area (Å²) in [5, 5.41) is 8.01. The number of benzene rings is 3. The summed E-state index contributed by atoms with van der Waals surface area (Å²) in [7, 11) is 0. The minimum Gasteiger partial charge on any atom is -0.145 e. The summed E-state index contributed by atoms with van der Waals surface area (Å²) in [5.74, 6) is 0. The third kappa shape index (κ3) is 2.51. The first kappa shape index (κ1) is 14.1. The average molecular weight is 290 g/mol.